The van der Waals surface area contributed by atoms with Gasteiger partial charge in [-0.25, -0.2) is 0 Å². The Bertz CT molecular complexity index is 632. The largest absolute Gasteiger partial charge is 0.486 e. The van der Waals surface area contributed by atoms with Crippen LogP contribution in [0.25, 0.3) is 0 Å². The molecule has 6 heteroatoms. The first-order valence-electron chi connectivity index (χ1n) is 5.54. The molecule has 98 valence electrons. The molecule has 3 nitrogen and oxygen atoms in total. The fourth-order valence-corrected chi connectivity index (χ4v) is 3.78. The number of hydrogen-bond acceptors (Lipinski definition) is 4. The number of fused-ring (bicyclic) bond motifs is 1. The van der Waals surface area contributed by atoms with Crippen LogP contribution in [0.4, 0.5) is 0 Å². The Morgan fingerprint density at radius 3 is 2.53 bits per heavy atom. The average molecular weight is 404 g/mol. The second-order valence-corrected chi connectivity index (χ2v) is 7.14. The van der Waals surface area contributed by atoms with E-state index in [0.717, 1.165) is 8.26 Å². The zero-order valence-corrected chi connectivity index (χ0v) is 13.6. The summed E-state index contributed by atoms with van der Waals surface area (Å²) < 4.78 is 12.7. The standard InChI is InChI=1S/C13H8Br2O3S/c14-8-6-11(19-13(8)15)12(16)7-1-2-9-10(5-7)18-4-3-17-9/h1-2,5-6H,3-4H2. The number of rotatable bonds is 2. The van der Waals surface area contributed by atoms with Gasteiger partial charge < -0.3 is 9.47 Å². The number of halogens is 2. The van der Waals surface area contributed by atoms with E-state index < -0.39 is 0 Å². The molecular formula is C13H8Br2O3S. The molecule has 2 heterocycles. The molecule has 19 heavy (non-hydrogen) atoms. The van der Waals surface area contributed by atoms with E-state index >= 15 is 0 Å². The summed E-state index contributed by atoms with van der Waals surface area (Å²) in [4.78, 5) is 13.0. The summed E-state index contributed by atoms with van der Waals surface area (Å²) in [5.74, 6) is 1.30. The minimum absolute atomic E-state index is 0.0200. The summed E-state index contributed by atoms with van der Waals surface area (Å²) in [6.45, 7) is 1.06. The number of benzene rings is 1. The molecule has 0 bridgehead atoms. The lowest BCUT2D eigenvalue weighted by Gasteiger charge is -2.18. The first kappa shape index (κ1) is 13.1. The van der Waals surface area contributed by atoms with Crippen LogP contribution in [-0.4, -0.2) is 19.0 Å². The van der Waals surface area contributed by atoms with Gasteiger partial charge in [-0.2, -0.15) is 0 Å². The summed E-state index contributed by atoms with van der Waals surface area (Å²) in [7, 11) is 0. The van der Waals surface area contributed by atoms with Crippen molar-refractivity contribution in [2.24, 2.45) is 0 Å². The quantitative estimate of drug-likeness (QED) is 0.702. The van der Waals surface area contributed by atoms with Gasteiger partial charge in [0.25, 0.3) is 0 Å². The second-order valence-electron chi connectivity index (χ2n) is 3.92. The highest BCUT2D eigenvalue weighted by Crippen LogP contribution is 2.35. The molecule has 0 amide bonds. The maximum absolute atomic E-state index is 12.4. The van der Waals surface area contributed by atoms with E-state index in [1.807, 2.05) is 6.07 Å². The molecule has 0 saturated heterocycles. The van der Waals surface area contributed by atoms with Crippen molar-refractivity contribution in [2.75, 3.05) is 13.2 Å². The van der Waals surface area contributed by atoms with Gasteiger partial charge in [0, 0.05) is 10.0 Å². The van der Waals surface area contributed by atoms with E-state index in [2.05, 4.69) is 31.9 Å². The number of carbonyl (C=O) groups is 1. The van der Waals surface area contributed by atoms with Gasteiger partial charge in [0.15, 0.2) is 11.5 Å². The smallest absolute Gasteiger partial charge is 0.203 e. The van der Waals surface area contributed by atoms with Gasteiger partial charge in [-0.15, -0.1) is 11.3 Å². The van der Waals surface area contributed by atoms with E-state index in [1.54, 1.807) is 18.2 Å². The van der Waals surface area contributed by atoms with Crippen molar-refractivity contribution in [3.63, 3.8) is 0 Å². The van der Waals surface area contributed by atoms with Gasteiger partial charge in [0.1, 0.15) is 13.2 Å². The molecule has 1 aliphatic rings. The van der Waals surface area contributed by atoms with Crippen LogP contribution in [0.3, 0.4) is 0 Å². The van der Waals surface area contributed by atoms with Gasteiger partial charge in [0.05, 0.1) is 8.66 Å². The van der Waals surface area contributed by atoms with Crippen LogP contribution in [0.15, 0.2) is 32.5 Å². The van der Waals surface area contributed by atoms with Crippen LogP contribution in [0.2, 0.25) is 0 Å². The number of ketones is 1. The van der Waals surface area contributed by atoms with Crippen molar-refractivity contribution in [1.29, 1.82) is 0 Å². The van der Waals surface area contributed by atoms with Gasteiger partial charge in [-0.3, -0.25) is 4.79 Å². The summed E-state index contributed by atoms with van der Waals surface area (Å²) in [5, 5.41) is 0. The molecule has 1 aromatic heterocycles. The van der Waals surface area contributed by atoms with Crippen LogP contribution in [0.1, 0.15) is 15.2 Å². The van der Waals surface area contributed by atoms with Crippen LogP contribution >= 0.6 is 43.2 Å². The number of carbonyl (C=O) groups excluding carboxylic acids is 1. The fraction of sp³-hybridized carbons (Fsp3) is 0.154. The Morgan fingerprint density at radius 1 is 1.11 bits per heavy atom. The van der Waals surface area contributed by atoms with Crippen LogP contribution in [0, 0.1) is 0 Å². The molecular weight excluding hydrogens is 396 g/mol. The normalized spacial score (nSPS) is 13.4. The van der Waals surface area contributed by atoms with Crippen LogP contribution in [-0.2, 0) is 0 Å². The number of ether oxygens (including phenoxy) is 2. The van der Waals surface area contributed by atoms with Gasteiger partial charge >= 0.3 is 0 Å². The van der Waals surface area contributed by atoms with Crippen LogP contribution < -0.4 is 9.47 Å². The molecule has 1 aromatic carbocycles. The maximum Gasteiger partial charge on any atom is 0.203 e. The Hall–Kier alpha value is -0.850. The maximum atomic E-state index is 12.4. The second kappa shape index (κ2) is 5.26. The molecule has 0 aliphatic carbocycles. The summed E-state index contributed by atoms with van der Waals surface area (Å²) in [6.07, 6.45) is 0. The predicted octanol–water partition coefficient (Wildman–Crippen LogP) is 4.28. The summed E-state index contributed by atoms with van der Waals surface area (Å²) in [5.41, 5.74) is 0.602. The molecule has 0 radical (unpaired) electrons. The van der Waals surface area contributed by atoms with E-state index in [4.69, 9.17) is 9.47 Å². The van der Waals surface area contributed by atoms with E-state index in [1.165, 1.54) is 11.3 Å². The van der Waals surface area contributed by atoms with E-state index in [-0.39, 0.29) is 5.78 Å². The molecule has 0 unspecified atom stereocenters. The van der Waals surface area contributed by atoms with Gasteiger partial charge in [-0.1, -0.05) is 0 Å². The third-order valence-corrected chi connectivity index (χ3v) is 5.93. The molecule has 0 fully saturated rings. The fourth-order valence-electron chi connectivity index (χ4n) is 1.79. The van der Waals surface area contributed by atoms with Crippen molar-refractivity contribution < 1.29 is 14.3 Å². The summed E-state index contributed by atoms with van der Waals surface area (Å²) in [6, 6.07) is 7.09. The molecule has 3 rings (SSSR count). The lowest BCUT2D eigenvalue weighted by atomic mass is 10.1. The van der Waals surface area contributed by atoms with Crippen molar-refractivity contribution in [3.05, 3.63) is 43.0 Å². The lowest BCUT2D eigenvalue weighted by molar-refractivity contribution is 0.104. The minimum Gasteiger partial charge on any atom is -0.486 e. The van der Waals surface area contributed by atoms with E-state index in [9.17, 15) is 4.79 Å². The Balaban J connectivity index is 1.95. The summed E-state index contributed by atoms with van der Waals surface area (Å²) >= 11 is 8.18. The zero-order valence-electron chi connectivity index (χ0n) is 9.61. The van der Waals surface area contributed by atoms with Crippen LogP contribution in [0.5, 0.6) is 11.5 Å². The zero-order chi connectivity index (χ0) is 13.4. The van der Waals surface area contributed by atoms with Gasteiger partial charge in [0.2, 0.25) is 5.78 Å². The van der Waals surface area contributed by atoms with E-state index in [0.29, 0.717) is 35.2 Å². The minimum atomic E-state index is -0.0200. The number of hydrogen-bond donors (Lipinski definition) is 0. The SMILES string of the molecule is O=C(c1ccc2c(c1)OCCO2)c1cc(Br)c(Br)s1. The molecule has 0 atom stereocenters. The Kier molecular flexibility index (Phi) is 3.64. The molecule has 0 spiro atoms. The third kappa shape index (κ3) is 2.57. The van der Waals surface area contributed by atoms with Crippen molar-refractivity contribution >= 4 is 49.0 Å². The van der Waals surface area contributed by atoms with Crippen molar-refractivity contribution in [1.82, 2.24) is 0 Å². The highest BCUT2D eigenvalue weighted by atomic mass is 79.9. The first-order valence-corrected chi connectivity index (χ1v) is 7.94. The monoisotopic (exact) mass is 402 g/mol. The first-order chi connectivity index (χ1) is 9.15. The number of thiophene rings is 1. The van der Waals surface area contributed by atoms with Gasteiger partial charge in [-0.05, 0) is 56.1 Å². The topological polar surface area (TPSA) is 35.5 Å². The average Bonchev–Trinajstić information content (AvgIpc) is 2.77. The Morgan fingerprint density at radius 2 is 1.84 bits per heavy atom. The molecule has 0 N–H and O–H groups in total. The van der Waals surface area contributed by atoms with Crippen molar-refractivity contribution in [2.45, 2.75) is 0 Å². The molecule has 1 aliphatic heterocycles. The highest BCUT2D eigenvalue weighted by molar-refractivity contribution is 9.13. The molecule has 0 saturated carbocycles. The highest BCUT2D eigenvalue weighted by Gasteiger charge is 2.18. The lowest BCUT2D eigenvalue weighted by Crippen LogP contribution is -2.15. The molecule has 2 aromatic rings. The van der Waals surface area contributed by atoms with Crippen molar-refractivity contribution in [3.8, 4) is 11.5 Å². The third-order valence-electron chi connectivity index (χ3n) is 2.67. The predicted molar refractivity (Wildman–Crippen MR) is 80.6 cm³/mol. The Labute approximate surface area is 130 Å².